The van der Waals surface area contributed by atoms with Crippen LogP contribution in [0.3, 0.4) is 0 Å². The zero-order chi connectivity index (χ0) is 12.3. The van der Waals surface area contributed by atoms with Crippen molar-refractivity contribution in [3.8, 4) is 0 Å². The van der Waals surface area contributed by atoms with Gasteiger partial charge in [-0.05, 0) is 20.9 Å². The Morgan fingerprint density at radius 3 is 2.94 bits per heavy atom. The van der Waals surface area contributed by atoms with Gasteiger partial charge < -0.3 is 5.32 Å². The SMILES string of the molecule is CNCc1cn(Cc2ncnn2C(C)C)nn1. The fraction of sp³-hybridized carbons (Fsp3) is 0.600. The van der Waals surface area contributed by atoms with Gasteiger partial charge in [-0.2, -0.15) is 5.10 Å². The standard InChI is InChI=1S/C10H17N7/c1-8(2)17-10(12-7-13-17)6-16-5-9(4-11-3)14-15-16/h5,7-8,11H,4,6H2,1-3H3. The third kappa shape index (κ3) is 2.68. The summed E-state index contributed by atoms with van der Waals surface area (Å²) in [5.74, 6) is 0.890. The predicted molar refractivity (Wildman–Crippen MR) is 62.3 cm³/mol. The summed E-state index contributed by atoms with van der Waals surface area (Å²) < 4.78 is 3.66. The van der Waals surface area contributed by atoms with Gasteiger partial charge in [0.25, 0.3) is 0 Å². The minimum absolute atomic E-state index is 0.299. The molecule has 0 amide bonds. The van der Waals surface area contributed by atoms with Crippen LogP contribution in [0.4, 0.5) is 0 Å². The van der Waals surface area contributed by atoms with Crippen LogP contribution in [0.15, 0.2) is 12.5 Å². The maximum Gasteiger partial charge on any atom is 0.148 e. The molecule has 0 aliphatic carbocycles. The summed E-state index contributed by atoms with van der Waals surface area (Å²) in [6.45, 7) is 5.46. The first-order valence-corrected chi connectivity index (χ1v) is 5.62. The summed E-state index contributed by atoms with van der Waals surface area (Å²) in [6, 6.07) is 0.299. The molecule has 2 aromatic heterocycles. The van der Waals surface area contributed by atoms with Gasteiger partial charge in [0.05, 0.1) is 11.9 Å². The van der Waals surface area contributed by atoms with Crippen molar-refractivity contribution < 1.29 is 0 Å². The van der Waals surface area contributed by atoms with Gasteiger partial charge in [0.1, 0.15) is 18.7 Å². The van der Waals surface area contributed by atoms with Crippen molar-refractivity contribution >= 4 is 0 Å². The van der Waals surface area contributed by atoms with E-state index in [9.17, 15) is 0 Å². The highest BCUT2D eigenvalue weighted by Crippen LogP contribution is 2.06. The number of rotatable bonds is 5. The molecular formula is C10H17N7. The van der Waals surface area contributed by atoms with Crippen LogP contribution < -0.4 is 5.32 Å². The summed E-state index contributed by atoms with van der Waals surface area (Å²) in [6.07, 6.45) is 3.48. The molecule has 0 spiro atoms. The fourth-order valence-corrected chi connectivity index (χ4v) is 1.64. The zero-order valence-electron chi connectivity index (χ0n) is 10.3. The molecule has 7 heteroatoms. The van der Waals surface area contributed by atoms with Crippen LogP contribution in [0.1, 0.15) is 31.4 Å². The van der Waals surface area contributed by atoms with Crippen LogP contribution in [0.2, 0.25) is 0 Å². The number of nitrogens with zero attached hydrogens (tertiary/aromatic N) is 6. The van der Waals surface area contributed by atoms with E-state index in [4.69, 9.17) is 0 Å². The van der Waals surface area contributed by atoms with Crippen LogP contribution in [0, 0.1) is 0 Å². The summed E-state index contributed by atoms with van der Waals surface area (Å²) in [5, 5.41) is 15.3. The summed E-state index contributed by atoms with van der Waals surface area (Å²) in [5.41, 5.74) is 0.920. The molecule has 0 unspecified atom stereocenters. The van der Waals surface area contributed by atoms with Crippen molar-refractivity contribution in [3.05, 3.63) is 24.0 Å². The Kier molecular flexibility index (Phi) is 3.48. The molecule has 0 bridgehead atoms. The Morgan fingerprint density at radius 2 is 2.24 bits per heavy atom. The lowest BCUT2D eigenvalue weighted by Crippen LogP contribution is -2.12. The average Bonchev–Trinajstić information content (AvgIpc) is 2.89. The van der Waals surface area contributed by atoms with E-state index in [0.29, 0.717) is 12.6 Å². The van der Waals surface area contributed by atoms with Crippen molar-refractivity contribution in [2.45, 2.75) is 33.0 Å². The van der Waals surface area contributed by atoms with Crippen molar-refractivity contribution in [2.75, 3.05) is 7.05 Å². The fourth-order valence-electron chi connectivity index (χ4n) is 1.64. The molecule has 2 heterocycles. The van der Waals surface area contributed by atoms with Crippen LogP contribution in [-0.2, 0) is 13.1 Å². The summed E-state index contributed by atoms with van der Waals surface area (Å²) >= 11 is 0. The maximum absolute atomic E-state index is 4.24. The van der Waals surface area contributed by atoms with Crippen molar-refractivity contribution in [1.29, 1.82) is 0 Å². The number of aromatic nitrogens is 6. The summed E-state index contributed by atoms with van der Waals surface area (Å²) in [7, 11) is 1.88. The first kappa shape index (κ1) is 11.7. The monoisotopic (exact) mass is 235 g/mol. The lowest BCUT2D eigenvalue weighted by molar-refractivity contribution is 0.485. The van der Waals surface area contributed by atoms with Gasteiger partial charge in [0.15, 0.2) is 0 Å². The lowest BCUT2D eigenvalue weighted by atomic mass is 10.4. The molecule has 0 saturated heterocycles. The van der Waals surface area contributed by atoms with E-state index in [1.807, 2.05) is 17.9 Å². The van der Waals surface area contributed by atoms with Crippen molar-refractivity contribution in [1.82, 2.24) is 35.1 Å². The number of hydrogen-bond acceptors (Lipinski definition) is 5. The molecular weight excluding hydrogens is 218 g/mol. The predicted octanol–water partition coefficient (Wildman–Crippen LogP) is 0.218. The van der Waals surface area contributed by atoms with Crippen LogP contribution >= 0.6 is 0 Å². The number of hydrogen-bond donors (Lipinski definition) is 1. The Labute approximate surface area is 99.9 Å². The largest absolute Gasteiger partial charge is 0.314 e. The molecule has 0 fully saturated rings. The zero-order valence-corrected chi connectivity index (χ0v) is 10.3. The molecule has 0 atom stereocenters. The van der Waals surface area contributed by atoms with Gasteiger partial charge in [-0.25, -0.2) is 14.3 Å². The second-order valence-electron chi connectivity index (χ2n) is 4.15. The quantitative estimate of drug-likeness (QED) is 0.802. The van der Waals surface area contributed by atoms with Crippen molar-refractivity contribution in [3.63, 3.8) is 0 Å². The van der Waals surface area contributed by atoms with Crippen LogP contribution in [0.5, 0.6) is 0 Å². The van der Waals surface area contributed by atoms with Crippen LogP contribution in [0.25, 0.3) is 0 Å². The van der Waals surface area contributed by atoms with Gasteiger partial charge in [0.2, 0.25) is 0 Å². The topological polar surface area (TPSA) is 73.5 Å². The number of nitrogens with one attached hydrogen (secondary N) is 1. The Hall–Kier alpha value is -1.76. The van der Waals surface area contributed by atoms with Gasteiger partial charge in [-0.1, -0.05) is 5.21 Å². The Bertz CT molecular complexity index is 470. The third-order valence-electron chi connectivity index (χ3n) is 2.38. The molecule has 2 rings (SSSR count). The normalized spacial score (nSPS) is 11.3. The summed E-state index contributed by atoms with van der Waals surface area (Å²) in [4.78, 5) is 4.24. The van der Waals surface area contributed by atoms with Gasteiger partial charge in [-0.15, -0.1) is 5.10 Å². The molecule has 2 aromatic rings. The van der Waals surface area contributed by atoms with Gasteiger partial charge in [0, 0.05) is 12.6 Å². The smallest absolute Gasteiger partial charge is 0.148 e. The van der Waals surface area contributed by atoms with Gasteiger partial charge in [-0.3, -0.25) is 0 Å². The van der Waals surface area contributed by atoms with E-state index in [1.54, 1.807) is 11.0 Å². The average molecular weight is 235 g/mol. The minimum Gasteiger partial charge on any atom is -0.314 e. The Balaban J connectivity index is 2.11. The Morgan fingerprint density at radius 1 is 1.41 bits per heavy atom. The lowest BCUT2D eigenvalue weighted by Gasteiger charge is -2.08. The van der Waals surface area contributed by atoms with Crippen molar-refractivity contribution in [2.24, 2.45) is 0 Å². The molecule has 7 nitrogen and oxygen atoms in total. The van der Waals surface area contributed by atoms with Crippen LogP contribution in [-0.4, -0.2) is 36.8 Å². The van der Waals surface area contributed by atoms with Gasteiger partial charge >= 0.3 is 0 Å². The van der Waals surface area contributed by atoms with E-state index in [2.05, 4.69) is 39.6 Å². The molecule has 17 heavy (non-hydrogen) atoms. The molecule has 0 aliphatic heterocycles. The molecule has 0 aromatic carbocycles. The molecule has 0 aliphatic rings. The highest BCUT2D eigenvalue weighted by atomic mass is 15.4. The second-order valence-corrected chi connectivity index (χ2v) is 4.15. The van der Waals surface area contributed by atoms with E-state index in [1.165, 1.54) is 0 Å². The highest BCUT2D eigenvalue weighted by Gasteiger charge is 2.09. The molecule has 1 N–H and O–H groups in total. The van der Waals surface area contributed by atoms with E-state index >= 15 is 0 Å². The maximum atomic E-state index is 4.24. The van der Waals surface area contributed by atoms with E-state index in [-0.39, 0.29) is 0 Å². The minimum atomic E-state index is 0.299. The first-order chi connectivity index (χ1) is 8.20. The molecule has 0 radical (unpaired) electrons. The van der Waals surface area contributed by atoms with E-state index in [0.717, 1.165) is 18.1 Å². The second kappa shape index (κ2) is 5.05. The molecule has 0 saturated carbocycles. The first-order valence-electron chi connectivity index (χ1n) is 5.62. The molecule has 92 valence electrons. The highest BCUT2D eigenvalue weighted by molar-refractivity contribution is 4.94. The third-order valence-corrected chi connectivity index (χ3v) is 2.38. The van der Waals surface area contributed by atoms with E-state index < -0.39 is 0 Å².